The van der Waals surface area contributed by atoms with Crippen molar-refractivity contribution in [3.05, 3.63) is 42.2 Å². The lowest BCUT2D eigenvalue weighted by Gasteiger charge is -2.20. The van der Waals surface area contributed by atoms with E-state index in [4.69, 9.17) is 0 Å². The van der Waals surface area contributed by atoms with Crippen molar-refractivity contribution in [2.24, 2.45) is 5.92 Å². The van der Waals surface area contributed by atoms with Gasteiger partial charge in [0.1, 0.15) is 0 Å². The Morgan fingerprint density at radius 2 is 2.21 bits per heavy atom. The van der Waals surface area contributed by atoms with Crippen LogP contribution >= 0.6 is 0 Å². The smallest absolute Gasteiger partial charge is 0.0346 e. The van der Waals surface area contributed by atoms with Crippen molar-refractivity contribution >= 4 is 10.8 Å². The molecular weight excluding hydrogens is 234 g/mol. The SMILES string of the molecule is CN1CCNC[C@H](Cc2cncc3ccccc23)C1. The molecule has 1 aliphatic rings. The van der Waals surface area contributed by atoms with E-state index in [2.05, 4.69) is 46.5 Å². The molecule has 0 bridgehead atoms. The number of hydrogen-bond acceptors (Lipinski definition) is 3. The number of pyridine rings is 1. The van der Waals surface area contributed by atoms with Gasteiger partial charge in [0.15, 0.2) is 0 Å². The second-order valence-electron chi connectivity index (χ2n) is 5.56. The predicted octanol–water partition coefficient (Wildman–Crippen LogP) is 1.93. The maximum absolute atomic E-state index is 4.39. The van der Waals surface area contributed by atoms with Crippen molar-refractivity contribution in [1.29, 1.82) is 0 Å². The Kier molecular flexibility index (Phi) is 3.76. The number of nitrogens with zero attached hydrogens (tertiary/aromatic N) is 2. The first kappa shape index (κ1) is 12.6. The van der Waals surface area contributed by atoms with Crippen LogP contribution in [0.25, 0.3) is 10.8 Å². The summed E-state index contributed by atoms with van der Waals surface area (Å²) in [4.78, 5) is 6.81. The standard InChI is InChI=1S/C16H21N3/c1-19-7-6-17-9-13(12-19)8-15-11-18-10-14-4-2-3-5-16(14)15/h2-5,10-11,13,17H,6-9,12H2,1H3/t13-/m0/s1. The van der Waals surface area contributed by atoms with Crippen molar-refractivity contribution in [1.82, 2.24) is 15.2 Å². The van der Waals surface area contributed by atoms with E-state index in [1.807, 2.05) is 12.4 Å². The molecule has 3 rings (SSSR count). The Morgan fingerprint density at radius 1 is 1.32 bits per heavy atom. The summed E-state index contributed by atoms with van der Waals surface area (Å²) >= 11 is 0. The molecule has 0 unspecified atom stereocenters. The van der Waals surface area contributed by atoms with Crippen LogP contribution in [-0.2, 0) is 6.42 Å². The zero-order chi connectivity index (χ0) is 13.1. The summed E-state index contributed by atoms with van der Waals surface area (Å²) in [5.41, 5.74) is 1.38. The third kappa shape index (κ3) is 2.94. The van der Waals surface area contributed by atoms with Crippen LogP contribution in [0.1, 0.15) is 5.56 Å². The second kappa shape index (κ2) is 5.68. The number of benzene rings is 1. The normalized spacial score (nSPS) is 21.4. The van der Waals surface area contributed by atoms with Crippen LogP contribution in [0, 0.1) is 5.92 Å². The van der Waals surface area contributed by atoms with Crippen molar-refractivity contribution in [3.63, 3.8) is 0 Å². The number of nitrogens with one attached hydrogen (secondary N) is 1. The summed E-state index contributed by atoms with van der Waals surface area (Å²) in [6.45, 7) is 4.51. The lowest BCUT2D eigenvalue weighted by atomic mass is 9.96. The maximum atomic E-state index is 4.39. The van der Waals surface area contributed by atoms with Gasteiger partial charge in [0.05, 0.1) is 0 Å². The van der Waals surface area contributed by atoms with E-state index in [0.29, 0.717) is 5.92 Å². The maximum Gasteiger partial charge on any atom is 0.0346 e. The van der Waals surface area contributed by atoms with Gasteiger partial charge in [-0.1, -0.05) is 24.3 Å². The van der Waals surface area contributed by atoms with Crippen LogP contribution in [0.5, 0.6) is 0 Å². The number of hydrogen-bond donors (Lipinski definition) is 1. The minimum Gasteiger partial charge on any atom is -0.315 e. The lowest BCUT2D eigenvalue weighted by Crippen LogP contribution is -2.27. The number of rotatable bonds is 2. The highest BCUT2D eigenvalue weighted by atomic mass is 15.1. The van der Waals surface area contributed by atoms with Gasteiger partial charge in [0, 0.05) is 37.4 Å². The average molecular weight is 255 g/mol. The predicted molar refractivity (Wildman–Crippen MR) is 79.3 cm³/mol. The lowest BCUT2D eigenvalue weighted by molar-refractivity contribution is 0.309. The zero-order valence-corrected chi connectivity index (χ0v) is 11.5. The van der Waals surface area contributed by atoms with Crippen LogP contribution in [0.4, 0.5) is 0 Å². The molecule has 2 heterocycles. The van der Waals surface area contributed by atoms with Gasteiger partial charge in [-0.2, -0.15) is 0 Å². The van der Waals surface area contributed by atoms with E-state index in [9.17, 15) is 0 Å². The molecule has 1 atom stereocenters. The van der Waals surface area contributed by atoms with E-state index in [-0.39, 0.29) is 0 Å². The van der Waals surface area contributed by atoms with Gasteiger partial charge in [-0.25, -0.2) is 0 Å². The molecule has 0 amide bonds. The molecule has 3 heteroatoms. The van der Waals surface area contributed by atoms with E-state index < -0.39 is 0 Å². The summed E-state index contributed by atoms with van der Waals surface area (Å²) < 4.78 is 0. The van der Waals surface area contributed by atoms with Crippen LogP contribution < -0.4 is 5.32 Å². The van der Waals surface area contributed by atoms with Crippen LogP contribution in [0.2, 0.25) is 0 Å². The van der Waals surface area contributed by atoms with Crippen molar-refractivity contribution < 1.29 is 0 Å². The zero-order valence-electron chi connectivity index (χ0n) is 11.5. The molecule has 1 fully saturated rings. The highest BCUT2D eigenvalue weighted by molar-refractivity contribution is 5.84. The molecule has 0 aliphatic carbocycles. The van der Waals surface area contributed by atoms with Gasteiger partial charge >= 0.3 is 0 Å². The van der Waals surface area contributed by atoms with Crippen LogP contribution in [0.3, 0.4) is 0 Å². The number of aromatic nitrogens is 1. The van der Waals surface area contributed by atoms with E-state index >= 15 is 0 Å². The van der Waals surface area contributed by atoms with Crippen LogP contribution in [-0.4, -0.2) is 43.1 Å². The third-order valence-corrected chi connectivity index (χ3v) is 3.93. The Labute approximate surface area is 114 Å². The molecule has 1 aromatic heterocycles. The number of fused-ring (bicyclic) bond motifs is 1. The molecule has 1 aromatic carbocycles. The fourth-order valence-corrected chi connectivity index (χ4v) is 2.96. The summed E-state index contributed by atoms with van der Waals surface area (Å²) in [5.74, 6) is 0.667. The minimum atomic E-state index is 0.667. The van der Waals surface area contributed by atoms with Gasteiger partial charge in [0.2, 0.25) is 0 Å². The average Bonchev–Trinajstić information content (AvgIpc) is 2.63. The van der Waals surface area contributed by atoms with Crippen LogP contribution in [0.15, 0.2) is 36.7 Å². The molecule has 0 radical (unpaired) electrons. The first-order chi connectivity index (χ1) is 9.33. The molecule has 2 aromatic rings. The van der Waals surface area contributed by atoms with E-state index in [0.717, 1.165) is 32.6 Å². The molecule has 0 saturated carbocycles. The fourth-order valence-electron chi connectivity index (χ4n) is 2.96. The third-order valence-electron chi connectivity index (χ3n) is 3.93. The van der Waals surface area contributed by atoms with Gasteiger partial charge in [0.25, 0.3) is 0 Å². The van der Waals surface area contributed by atoms with E-state index in [1.165, 1.54) is 16.3 Å². The summed E-state index contributed by atoms with van der Waals surface area (Å²) in [7, 11) is 2.21. The van der Waals surface area contributed by atoms with Crippen molar-refractivity contribution in [2.45, 2.75) is 6.42 Å². The van der Waals surface area contributed by atoms with Crippen molar-refractivity contribution in [2.75, 3.05) is 33.2 Å². The first-order valence-corrected chi connectivity index (χ1v) is 7.04. The highest BCUT2D eigenvalue weighted by Crippen LogP contribution is 2.20. The number of likely N-dealkylation sites (N-methyl/N-ethyl adjacent to an activating group) is 1. The molecule has 3 nitrogen and oxygen atoms in total. The van der Waals surface area contributed by atoms with Crippen molar-refractivity contribution in [3.8, 4) is 0 Å². The van der Waals surface area contributed by atoms with Gasteiger partial charge in [-0.15, -0.1) is 0 Å². The van der Waals surface area contributed by atoms with Gasteiger partial charge in [-0.05, 0) is 36.9 Å². The summed E-state index contributed by atoms with van der Waals surface area (Å²) in [6.07, 6.45) is 5.09. The highest BCUT2D eigenvalue weighted by Gasteiger charge is 2.16. The second-order valence-corrected chi connectivity index (χ2v) is 5.56. The Balaban J connectivity index is 1.84. The molecular formula is C16H21N3. The quantitative estimate of drug-likeness (QED) is 0.889. The largest absolute Gasteiger partial charge is 0.315 e. The Morgan fingerprint density at radius 3 is 3.16 bits per heavy atom. The topological polar surface area (TPSA) is 28.2 Å². The van der Waals surface area contributed by atoms with Gasteiger partial charge in [-0.3, -0.25) is 4.98 Å². The molecule has 0 spiro atoms. The molecule has 100 valence electrons. The minimum absolute atomic E-state index is 0.667. The molecule has 19 heavy (non-hydrogen) atoms. The monoisotopic (exact) mass is 255 g/mol. The summed E-state index contributed by atoms with van der Waals surface area (Å²) in [6, 6.07) is 8.54. The Hall–Kier alpha value is -1.45. The summed E-state index contributed by atoms with van der Waals surface area (Å²) in [5, 5.41) is 6.13. The molecule has 1 saturated heterocycles. The Bertz CT molecular complexity index is 547. The van der Waals surface area contributed by atoms with Gasteiger partial charge < -0.3 is 10.2 Å². The molecule has 1 N–H and O–H groups in total. The molecule has 1 aliphatic heterocycles. The first-order valence-electron chi connectivity index (χ1n) is 7.04. The fraction of sp³-hybridized carbons (Fsp3) is 0.438. The van der Waals surface area contributed by atoms with E-state index in [1.54, 1.807) is 0 Å².